The van der Waals surface area contributed by atoms with Crippen molar-refractivity contribution in [1.29, 1.82) is 0 Å². The van der Waals surface area contributed by atoms with E-state index in [1.807, 2.05) is 32.0 Å². The molecule has 0 saturated carbocycles. The fraction of sp³-hybridized carbons (Fsp3) is 0.375. The van der Waals surface area contributed by atoms with E-state index in [2.05, 4.69) is 20.1 Å². The van der Waals surface area contributed by atoms with Gasteiger partial charge in [0.25, 0.3) is 0 Å². The second-order valence-corrected chi connectivity index (χ2v) is 9.85. The number of anilines is 1. The average Bonchev–Trinajstić information content (AvgIpc) is 3.32. The second kappa shape index (κ2) is 12.7. The molecule has 1 aliphatic heterocycles. The number of hydrogen-bond donors (Lipinski definition) is 1. The highest BCUT2D eigenvalue weighted by Gasteiger charge is 2.26. The number of hydrogen-bond acceptors (Lipinski definition) is 6. The SMILES string of the molecule is C=S(=O)(c1ccc(O)cc1)N1CCN(c2nc(Cc3ccc(F)cc3)ns2)CC1.CC.CC. The Balaban J connectivity index is 0.000000914. The summed E-state index contributed by atoms with van der Waals surface area (Å²) in [6.45, 7) is 10.5. The molecule has 0 amide bonds. The Morgan fingerprint density at radius 3 is 2.15 bits per heavy atom. The fourth-order valence-corrected chi connectivity index (χ4v) is 5.56. The molecule has 3 aromatic rings. The zero-order valence-electron chi connectivity index (χ0n) is 19.7. The van der Waals surface area contributed by atoms with Crippen LogP contribution in [0.2, 0.25) is 0 Å². The third kappa shape index (κ3) is 6.99. The van der Waals surface area contributed by atoms with Crippen molar-refractivity contribution >= 4 is 32.2 Å². The van der Waals surface area contributed by atoms with Gasteiger partial charge in [-0.1, -0.05) is 39.8 Å². The van der Waals surface area contributed by atoms with Crippen molar-refractivity contribution in [1.82, 2.24) is 13.7 Å². The summed E-state index contributed by atoms with van der Waals surface area (Å²) < 4.78 is 32.5. The van der Waals surface area contributed by atoms with E-state index in [1.54, 1.807) is 24.3 Å². The summed E-state index contributed by atoms with van der Waals surface area (Å²) in [4.78, 5) is 7.36. The molecule has 180 valence electrons. The van der Waals surface area contributed by atoms with Crippen molar-refractivity contribution in [3.63, 3.8) is 0 Å². The van der Waals surface area contributed by atoms with Crippen LogP contribution in [-0.4, -0.2) is 55.0 Å². The van der Waals surface area contributed by atoms with Gasteiger partial charge in [-0.05, 0) is 47.8 Å². The Morgan fingerprint density at radius 2 is 1.58 bits per heavy atom. The van der Waals surface area contributed by atoms with E-state index in [9.17, 15) is 13.7 Å². The van der Waals surface area contributed by atoms with Crippen LogP contribution in [0.1, 0.15) is 39.1 Å². The molecule has 1 saturated heterocycles. The van der Waals surface area contributed by atoms with Gasteiger partial charge in [-0.3, -0.25) is 0 Å². The summed E-state index contributed by atoms with van der Waals surface area (Å²) >= 11 is 1.34. The fourth-order valence-electron chi connectivity index (χ4n) is 3.21. The van der Waals surface area contributed by atoms with E-state index in [4.69, 9.17) is 0 Å². The summed E-state index contributed by atoms with van der Waals surface area (Å²) in [6, 6.07) is 12.7. The lowest BCUT2D eigenvalue weighted by Crippen LogP contribution is -2.48. The van der Waals surface area contributed by atoms with E-state index in [-0.39, 0.29) is 11.6 Å². The Bertz CT molecular complexity index is 1080. The van der Waals surface area contributed by atoms with E-state index in [0.717, 1.165) is 10.7 Å². The molecule has 1 atom stereocenters. The third-order valence-electron chi connectivity index (χ3n) is 4.86. The molecule has 0 radical (unpaired) electrons. The number of phenols is 1. The van der Waals surface area contributed by atoms with E-state index in [1.165, 1.54) is 35.8 Å². The topological polar surface area (TPSA) is 69.6 Å². The Labute approximate surface area is 201 Å². The van der Waals surface area contributed by atoms with E-state index in [0.29, 0.717) is 43.3 Å². The maximum Gasteiger partial charge on any atom is 0.205 e. The summed E-state index contributed by atoms with van der Waals surface area (Å²) in [7, 11) is -2.59. The number of piperazine rings is 1. The number of aromatic nitrogens is 2. The molecule has 6 nitrogen and oxygen atoms in total. The minimum absolute atomic E-state index is 0.140. The molecule has 0 spiro atoms. The number of aromatic hydroxyl groups is 1. The Hall–Kier alpha value is -2.49. The minimum atomic E-state index is -2.59. The van der Waals surface area contributed by atoms with Gasteiger partial charge in [0.2, 0.25) is 5.13 Å². The predicted octanol–water partition coefficient (Wildman–Crippen LogP) is 4.84. The molecule has 33 heavy (non-hydrogen) atoms. The third-order valence-corrected chi connectivity index (χ3v) is 7.89. The maximum absolute atomic E-state index is 13.2. The van der Waals surface area contributed by atoms with Crippen LogP contribution in [-0.2, 0) is 16.1 Å². The molecule has 9 heteroatoms. The first kappa shape index (κ1) is 26.8. The van der Waals surface area contributed by atoms with Crippen molar-refractivity contribution in [2.75, 3.05) is 31.1 Å². The summed E-state index contributed by atoms with van der Waals surface area (Å²) in [5.74, 6) is 4.55. The van der Waals surface area contributed by atoms with Crippen LogP contribution in [0.15, 0.2) is 53.4 Å². The lowest BCUT2D eigenvalue weighted by molar-refractivity contribution is 0.408. The van der Waals surface area contributed by atoms with Gasteiger partial charge in [-0.2, -0.15) is 4.37 Å². The van der Waals surface area contributed by atoms with Crippen molar-refractivity contribution < 1.29 is 13.7 Å². The quantitative estimate of drug-likeness (QED) is 0.516. The molecule has 0 aliphatic carbocycles. The molecular formula is C24H33FN4O2S2. The van der Waals surface area contributed by atoms with Crippen LogP contribution in [0.5, 0.6) is 5.75 Å². The van der Waals surface area contributed by atoms with Crippen molar-refractivity contribution in [3.8, 4) is 5.75 Å². The first-order valence-electron chi connectivity index (χ1n) is 11.2. The van der Waals surface area contributed by atoms with Crippen molar-refractivity contribution in [2.45, 2.75) is 39.0 Å². The van der Waals surface area contributed by atoms with Crippen LogP contribution in [0, 0.1) is 5.82 Å². The molecule has 1 N–H and O–H groups in total. The van der Waals surface area contributed by atoms with Gasteiger partial charge in [0.05, 0.1) is 9.71 Å². The summed E-state index contributed by atoms with van der Waals surface area (Å²) in [5, 5.41) is 10.3. The number of phenolic OH excluding ortho intramolecular Hbond substituents is 1. The van der Waals surface area contributed by atoms with Gasteiger partial charge < -0.3 is 10.0 Å². The number of nitrogens with zero attached hydrogens (tertiary/aromatic N) is 4. The van der Waals surface area contributed by atoms with Crippen LogP contribution in [0.4, 0.5) is 9.52 Å². The van der Waals surface area contributed by atoms with Gasteiger partial charge in [-0.25, -0.2) is 17.9 Å². The van der Waals surface area contributed by atoms with Crippen molar-refractivity contribution in [2.24, 2.45) is 0 Å². The Kier molecular flexibility index (Phi) is 10.3. The van der Waals surface area contributed by atoms with Crippen LogP contribution in [0.3, 0.4) is 0 Å². The highest BCUT2D eigenvalue weighted by molar-refractivity contribution is 7.98. The normalized spacial score (nSPS) is 15.5. The van der Waals surface area contributed by atoms with Gasteiger partial charge in [0.15, 0.2) is 0 Å². The predicted molar refractivity (Wildman–Crippen MR) is 137 cm³/mol. The largest absolute Gasteiger partial charge is 0.508 e. The molecule has 2 aromatic carbocycles. The first-order valence-corrected chi connectivity index (χ1v) is 13.6. The van der Waals surface area contributed by atoms with Gasteiger partial charge in [-0.15, -0.1) is 0 Å². The lowest BCUT2D eigenvalue weighted by Gasteiger charge is -2.35. The monoisotopic (exact) mass is 492 g/mol. The lowest BCUT2D eigenvalue weighted by atomic mass is 10.1. The Morgan fingerprint density at radius 1 is 1.00 bits per heavy atom. The number of rotatable bonds is 5. The van der Waals surface area contributed by atoms with Crippen LogP contribution in [0.25, 0.3) is 0 Å². The molecule has 1 aliphatic rings. The van der Waals surface area contributed by atoms with Gasteiger partial charge in [0, 0.05) is 49.0 Å². The highest BCUT2D eigenvalue weighted by Crippen LogP contribution is 2.24. The van der Waals surface area contributed by atoms with Crippen molar-refractivity contribution in [3.05, 3.63) is 65.7 Å². The molecule has 0 bridgehead atoms. The summed E-state index contributed by atoms with van der Waals surface area (Å²) in [6.07, 6.45) is 0.560. The smallest absolute Gasteiger partial charge is 0.205 e. The average molecular weight is 493 g/mol. The molecule has 2 heterocycles. The van der Waals surface area contributed by atoms with Gasteiger partial charge >= 0.3 is 0 Å². The molecule has 1 unspecified atom stereocenters. The molecule has 4 rings (SSSR count). The van der Waals surface area contributed by atoms with Crippen LogP contribution < -0.4 is 4.90 Å². The number of halogens is 1. The minimum Gasteiger partial charge on any atom is -0.508 e. The number of benzene rings is 2. The second-order valence-electron chi connectivity index (χ2n) is 6.85. The van der Waals surface area contributed by atoms with E-state index < -0.39 is 9.71 Å². The first-order chi connectivity index (χ1) is 15.9. The highest BCUT2D eigenvalue weighted by atomic mass is 32.2. The van der Waals surface area contributed by atoms with E-state index >= 15 is 0 Å². The molecular weight excluding hydrogens is 459 g/mol. The van der Waals surface area contributed by atoms with Gasteiger partial charge in [0.1, 0.15) is 17.4 Å². The maximum atomic E-state index is 13.2. The molecule has 1 fully saturated rings. The summed E-state index contributed by atoms with van der Waals surface area (Å²) in [5.41, 5.74) is 0.964. The van der Waals surface area contributed by atoms with Crippen LogP contribution >= 0.6 is 11.5 Å². The standard InChI is InChI=1S/C20H21FN4O2S2.2C2H6/c1-29(27,18-8-6-17(26)7-9-18)25-12-10-24(11-13-25)20-22-19(23-28-20)14-15-2-4-16(21)5-3-15;2*1-2/h2-9,26H,1,10-14H2;2*1-2H3. The zero-order chi connectivity index (χ0) is 24.4. The zero-order valence-corrected chi connectivity index (χ0v) is 21.3. The molecule has 1 aromatic heterocycles.